The second kappa shape index (κ2) is 8.33. The summed E-state index contributed by atoms with van der Waals surface area (Å²) >= 11 is 1.66. The zero-order valence-corrected chi connectivity index (χ0v) is 15.9. The van der Waals surface area contributed by atoms with Crippen molar-refractivity contribution in [2.45, 2.75) is 51.9 Å². The molecule has 0 amide bonds. The SMILES string of the molecule is Cc1noc(CCCN(C)C[C@@H]2C[C@H](F)CN2Cc2scnc2C)n1. The van der Waals surface area contributed by atoms with Crippen molar-refractivity contribution in [2.75, 3.05) is 26.7 Å². The molecule has 1 aliphatic rings. The molecular formula is C17H26FN5OS. The van der Waals surface area contributed by atoms with Crippen LogP contribution < -0.4 is 0 Å². The number of likely N-dealkylation sites (tertiary alicyclic amines) is 1. The predicted molar refractivity (Wildman–Crippen MR) is 95.4 cm³/mol. The van der Waals surface area contributed by atoms with Gasteiger partial charge in [0.2, 0.25) is 5.89 Å². The minimum absolute atomic E-state index is 0.257. The van der Waals surface area contributed by atoms with Crippen LogP contribution in [0.15, 0.2) is 10.0 Å². The summed E-state index contributed by atoms with van der Waals surface area (Å²) in [7, 11) is 2.10. The number of nitrogens with zero attached hydrogens (tertiary/aromatic N) is 5. The van der Waals surface area contributed by atoms with E-state index < -0.39 is 6.17 Å². The third-order valence-corrected chi connectivity index (χ3v) is 5.61. The molecule has 1 saturated heterocycles. The largest absolute Gasteiger partial charge is 0.339 e. The van der Waals surface area contributed by atoms with E-state index in [0.29, 0.717) is 24.7 Å². The summed E-state index contributed by atoms with van der Waals surface area (Å²) < 4.78 is 19.1. The number of aryl methyl sites for hydroxylation is 3. The number of alkyl halides is 1. The fourth-order valence-electron chi connectivity index (χ4n) is 3.36. The first-order chi connectivity index (χ1) is 12.0. The van der Waals surface area contributed by atoms with Gasteiger partial charge in [0.1, 0.15) is 6.17 Å². The maximum atomic E-state index is 14.0. The fraction of sp³-hybridized carbons (Fsp3) is 0.706. The molecule has 0 saturated carbocycles. The van der Waals surface area contributed by atoms with Crippen LogP contribution >= 0.6 is 11.3 Å². The molecular weight excluding hydrogens is 341 g/mol. The summed E-state index contributed by atoms with van der Waals surface area (Å²) in [5.41, 5.74) is 2.93. The Bertz CT molecular complexity index is 676. The molecule has 8 heteroatoms. The summed E-state index contributed by atoms with van der Waals surface area (Å²) in [6, 6.07) is 0.257. The molecule has 2 atom stereocenters. The van der Waals surface area contributed by atoms with Crippen molar-refractivity contribution in [3.63, 3.8) is 0 Å². The number of hydrogen-bond acceptors (Lipinski definition) is 7. The van der Waals surface area contributed by atoms with Crippen molar-refractivity contribution < 1.29 is 8.91 Å². The second-order valence-electron chi connectivity index (χ2n) is 6.88. The number of likely N-dealkylation sites (N-methyl/N-ethyl adjacent to an activating group) is 1. The summed E-state index contributed by atoms with van der Waals surface area (Å²) in [6.07, 6.45) is 1.63. The molecule has 2 aromatic rings. The molecule has 0 bridgehead atoms. The van der Waals surface area contributed by atoms with E-state index in [1.54, 1.807) is 11.3 Å². The van der Waals surface area contributed by atoms with Crippen LogP contribution in [-0.2, 0) is 13.0 Å². The van der Waals surface area contributed by atoms with Crippen molar-refractivity contribution >= 4 is 11.3 Å². The summed E-state index contributed by atoms with van der Waals surface area (Å²) in [4.78, 5) is 14.3. The lowest BCUT2D eigenvalue weighted by atomic mass is 10.2. The number of hydrogen-bond donors (Lipinski definition) is 0. The Labute approximate surface area is 152 Å². The van der Waals surface area contributed by atoms with E-state index in [2.05, 4.69) is 32.0 Å². The first-order valence-corrected chi connectivity index (χ1v) is 9.64. The average molecular weight is 367 g/mol. The molecule has 1 aliphatic heterocycles. The lowest BCUT2D eigenvalue weighted by Crippen LogP contribution is -2.38. The molecule has 3 rings (SSSR count). The normalized spacial score (nSPS) is 21.5. The topological polar surface area (TPSA) is 58.3 Å². The first kappa shape index (κ1) is 18.4. The zero-order valence-electron chi connectivity index (χ0n) is 15.1. The molecule has 6 nitrogen and oxygen atoms in total. The third-order valence-electron chi connectivity index (χ3n) is 4.69. The highest BCUT2D eigenvalue weighted by molar-refractivity contribution is 7.09. The van der Waals surface area contributed by atoms with Crippen molar-refractivity contribution in [1.82, 2.24) is 24.9 Å². The molecule has 3 heterocycles. The molecule has 25 heavy (non-hydrogen) atoms. The predicted octanol–water partition coefficient (Wildman–Crippen LogP) is 2.62. The third kappa shape index (κ3) is 5.05. The molecule has 2 aromatic heterocycles. The smallest absolute Gasteiger partial charge is 0.226 e. The lowest BCUT2D eigenvalue weighted by Gasteiger charge is -2.28. The maximum absolute atomic E-state index is 14.0. The number of rotatable bonds is 8. The highest BCUT2D eigenvalue weighted by Gasteiger charge is 2.33. The summed E-state index contributed by atoms with van der Waals surface area (Å²) in [5, 5.41) is 3.81. The van der Waals surface area contributed by atoms with Crippen LogP contribution in [0.2, 0.25) is 0 Å². The fourth-order valence-corrected chi connectivity index (χ4v) is 4.16. The Morgan fingerprint density at radius 1 is 1.44 bits per heavy atom. The van der Waals surface area contributed by atoms with Gasteiger partial charge in [0.25, 0.3) is 0 Å². The van der Waals surface area contributed by atoms with E-state index in [1.165, 1.54) is 4.88 Å². The summed E-state index contributed by atoms with van der Waals surface area (Å²) in [6.45, 7) is 6.98. The average Bonchev–Trinajstić information content (AvgIpc) is 3.23. The number of halogens is 1. The van der Waals surface area contributed by atoms with Crippen molar-refractivity contribution in [3.05, 3.63) is 27.8 Å². The lowest BCUT2D eigenvalue weighted by molar-refractivity contribution is 0.183. The molecule has 138 valence electrons. The van der Waals surface area contributed by atoms with Crippen molar-refractivity contribution in [3.8, 4) is 0 Å². The maximum Gasteiger partial charge on any atom is 0.226 e. The highest BCUT2D eigenvalue weighted by Crippen LogP contribution is 2.25. The van der Waals surface area contributed by atoms with Gasteiger partial charge in [0, 0.05) is 37.0 Å². The van der Waals surface area contributed by atoms with Gasteiger partial charge in [-0.1, -0.05) is 5.16 Å². The monoisotopic (exact) mass is 367 g/mol. The van der Waals surface area contributed by atoms with Crippen LogP contribution in [0.25, 0.3) is 0 Å². The van der Waals surface area contributed by atoms with E-state index >= 15 is 0 Å². The van der Waals surface area contributed by atoms with E-state index in [1.807, 2.05) is 19.4 Å². The molecule has 0 unspecified atom stereocenters. The zero-order chi connectivity index (χ0) is 17.8. The Balaban J connectivity index is 1.46. The van der Waals surface area contributed by atoms with Gasteiger partial charge in [-0.2, -0.15) is 4.98 Å². The summed E-state index contributed by atoms with van der Waals surface area (Å²) in [5.74, 6) is 1.37. The van der Waals surface area contributed by atoms with Crippen LogP contribution in [0.4, 0.5) is 4.39 Å². The minimum Gasteiger partial charge on any atom is -0.339 e. The van der Waals surface area contributed by atoms with Crippen LogP contribution in [0, 0.1) is 13.8 Å². The van der Waals surface area contributed by atoms with Crippen LogP contribution in [0.5, 0.6) is 0 Å². The standard InChI is InChI=1S/C17H26FN5OS/c1-12-16(25-11-19-12)10-23-8-14(18)7-15(23)9-22(3)6-4-5-17-20-13(2)21-24-17/h11,14-15H,4-10H2,1-3H3/t14-,15-/m0/s1. The van der Waals surface area contributed by atoms with Crippen LogP contribution in [-0.4, -0.2) is 63.8 Å². The Hall–Kier alpha value is -1.38. The van der Waals surface area contributed by atoms with Crippen molar-refractivity contribution in [1.29, 1.82) is 0 Å². The van der Waals surface area contributed by atoms with E-state index in [4.69, 9.17) is 4.52 Å². The van der Waals surface area contributed by atoms with Gasteiger partial charge < -0.3 is 9.42 Å². The van der Waals surface area contributed by atoms with Gasteiger partial charge in [-0.05, 0) is 40.3 Å². The van der Waals surface area contributed by atoms with E-state index in [9.17, 15) is 4.39 Å². The van der Waals surface area contributed by atoms with Gasteiger partial charge in [-0.15, -0.1) is 11.3 Å². The van der Waals surface area contributed by atoms with Crippen LogP contribution in [0.3, 0.4) is 0 Å². The molecule has 0 spiro atoms. The Kier molecular flexibility index (Phi) is 6.14. The minimum atomic E-state index is -0.729. The highest BCUT2D eigenvalue weighted by atomic mass is 32.1. The Morgan fingerprint density at radius 3 is 2.96 bits per heavy atom. The van der Waals surface area contributed by atoms with Gasteiger partial charge in [-0.25, -0.2) is 9.37 Å². The number of thiazole rings is 1. The molecule has 1 fully saturated rings. The second-order valence-corrected chi connectivity index (χ2v) is 7.82. The molecule has 0 aromatic carbocycles. The molecule has 0 radical (unpaired) electrons. The van der Waals surface area contributed by atoms with Gasteiger partial charge in [0.15, 0.2) is 5.82 Å². The van der Waals surface area contributed by atoms with Crippen molar-refractivity contribution in [2.24, 2.45) is 0 Å². The quantitative estimate of drug-likeness (QED) is 0.715. The number of aromatic nitrogens is 3. The molecule has 0 aliphatic carbocycles. The molecule has 0 N–H and O–H groups in total. The van der Waals surface area contributed by atoms with E-state index in [-0.39, 0.29) is 6.04 Å². The van der Waals surface area contributed by atoms with Gasteiger partial charge in [0.05, 0.1) is 11.2 Å². The Morgan fingerprint density at radius 2 is 2.28 bits per heavy atom. The van der Waals surface area contributed by atoms with E-state index in [0.717, 1.165) is 38.2 Å². The first-order valence-electron chi connectivity index (χ1n) is 8.76. The van der Waals surface area contributed by atoms with Gasteiger partial charge in [-0.3, -0.25) is 4.90 Å². The van der Waals surface area contributed by atoms with Crippen LogP contribution in [0.1, 0.15) is 35.1 Å². The van der Waals surface area contributed by atoms with Gasteiger partial charge >= 0.3 is 0 Å².